The van der Waals surface area contributed by atoms with Crippen LogP contribution < -0.4 is 20.3 Å². The first-order valence-corrected chi connectivity index (χ1v) is 16.0. The van der Waals surface area contributed by atoms with Crippen LogP contribution in [0.4, 0.5) is 23.0 Å². The highest BCUT2D eigenvalue weighted by molar-refractivity contribution is 7.98. The van der Waals surface area contributed by atoms with E-state index >= 15 is 0 Å². The third-order valence-corrected chi connectivity index (χ3v) is 9.67. The van der Waals surface area contributed by atoms with Crippen molar-refractivity contribution >= 4 is 51.6 Å². The van der Waals surface area contributed by atoms with Crippen LogP contribution in [0, 0.1) is 11.8 Å². The van der Waals surface area contributed by atoms with Gasteiger partial charge in [-0.15, -0.1) is 11.8 Å². The Hall–Kier alpha value is -4.02. The van der Waals surface area contributed by atoms with Crippen molar-refractivity contribution in [2.45, 2.75) is 23.8 Å². The van der Waals surface area contributed by atoms with Crippen molar-refractivity contribution in [3.63, 3.8) is 0 Å². The van der Waals surface area contributed by atoms with Gasteiger partial charge < -0.3 is 29.7 Å². The molecule has 3 aliphatic rings. The molecule has 4 heterocycles. The molecule has 2 saturated heterocycles. The fraction of sp³-hybridized carbons (Fsp3) is 0.364. The second-order valence-corrected chi connectivity index (χ2v) is 12.7. The third-order valence-electron chi connectivity index (χ3n) is 8.93. The molecule has 2 aliphatic heterocycles. The molecule has 2 N–H and O–H groups in total. The normalized spacial score (nSPS) is 19.9. The van der Waals surface area contributed by atoms with Crippen molar-refractivity contribution in [3.8, 4) is 17.0 Å². The smallest absolute Gasteiger partial charge is 0.247 e. The Morgan fingerprint density at radius 1 is 1.12 bits per heavy atom. The highest BCUT2D eigenvalue weighted by atomic mass is 32.2. The van der Waals surface area contributed by atoms with Crippen LogP contribution in [0.2, 0.25) is 0 Å². The summed E-state index contributed by atoms with van der Waals surface area (Å²) in [5, 5.41) is 7.62. The van der Waals surface area contributed by atoms with Crippen molar-refractivity contribution in [1.82, 2.24) is 19.4 Å². The SMILES string of the molecule is C=CC(=O)Nc1cc(Nc2ncc(SC)c(-c3cn(C4CC4)c4ccccc34)n2)c(OC)cc1N1CC2CN(C)CC2C1. The van der Waals surface area contributed by atoms with Gasteiger partial charge in [0.2, 0.25) is 11.9 Å². The van der Waals surface area contributed by atoms with Crippen LogP contribution in [0.1, 0.15) is 18.9 Å². The quantitative estimate of drug-likeness (QED) is 0.179. The van der Waals surface area contributed by atoms with Gasteiger partial charge in [0.15, 0.2) is 0 Å². The van der Waals surface area contributed by atoms with Crippen LogP contribution in [0.25, 0.3) is 22.2 Å². The van der Waals surface area contributed by atoms with Gasteiger partial charge in [-0.25, -0.2) is 9.97 Å². The minimum Gasteiger partial charge on any atom is -0.494 e. The molecule has 1 amide bonds. The first kappa shape index (κ1) is 27.8. The van der Waals surface area contributed by atoms with Crippen LogP contribution in [0.3, 0.4) is 0 Å². The summed E-state index contributed by atoms with van der Waals surface area (Å²) in [5.41, 5.74) is 5.55. The number of carbonyl (C=O) groups excluding carboxylic acids is 1. The lowest BCUT2D eigenvalue weighted by molar-refractivity contribution is -0.111. The molecule has 7 rings (SSSR count). The minimum atomic E-state index is -0.258. The van der Waals surface area contributed by atoms with E-state index in [1.54, 1.807) is 18.9 Å². The summed E-state index contributed by atoms with van der Waals surface area (Å²) in [5.74, 6) is 2.09. The third kappa shape index (κ3) is 5.23. The predicted octanol–water partition coefficient (Wildman–Crippen LogP) is 6.03. The summed E-state index contributed by atoms with van der Waals surface area (Å²) in [6, 6.07) is 13.0. The molecule has 43 heavy (non-hydrogen) atoms. The van der Waals surface area contributed by atoms with Gasteiger partial charge in [0.25, 0.3) is 0 Å². The van der Waals surface area contributed by atoms with Gasteiger partial charge in [0.05, 0.1) is 34.8 Å². The van der Waals surface area contributed by atoms with Crippen LogP contribution in [-0.2, 0) is 4.79 Å². The van der Waals surface area contributed by atoms with Gasteiger partial charge in [-0.1, -0.05) is 24.8 Å². The van der Waals surface area contributed by atoms with E-state index in [9.17, 15) is 4.79 Å². The maximum Gasteiger partial charge on any atom is 0.247 e. The average molecular weight is 596 g/mol. The molecule has 1 saturated carbocycles. The van der Waals surface area contributed by atoms with Crippen LogP contribution in [0.15, 0.2) is 66.3 Å². The van der Waals surface area contributed by atoms with Gasteiger partial charge in [0, 0.05) is 67.1 Å². The first-order chi connectivity index (χ1) is 20.9. The molecule has 0 spiro atoms. The van der Waals surface area contributed by atoms with Gasteiger partial charge in [0.1, 0.15) is 5.75 Å². The van der Waals surface area contributed by atoms with E-state index in [-0.39, 0.29) is 5.91 Å². The summed E-state index contributed by atoms with van der Waals surface area (Å²) in [7, 11) is 3.85. The lowest BCUT2D eigenvalue weighted by atomic mass is 10.0. The Morgan fingerprint density at radius 3 is 2.58 bits per heavy atom. The zero-order valence-corrected chi connectivity index (χ0v) is 25.7. The second-order valence-electron chi connectivity index (χ2n) is 11.8. The molecule has 0 bridgehead atoms. The average Bonchev–Trinajstić information content (AvgIpc) is 3.55. The monoisotopic (exact) mass is 595 g/mol. The number of hydrogen-bond acceptors (Lipinski definition) is 8. The summed E-state index contributed by atoms with van der Waals surface area (Å²) in [6.45, 7) is 7.74. The van der Waals surface area contributed by atoms with Crippen LogP contribution in [0.5, 0.6) is 5.75 Å². The first-order valence-electron chi connectivity index (χ1n) is 14.8. The molecule has 10 heteroatoms. The van der Waals surface area contributed by atoms with E-state index in [0.717, 1.165) is 48.0 Å². The summed E-state index contributed by atoms with van der Waals surface area (Å²) in [4.78, 5) is 28.0. The number of benzene rings is 2. The van der Waals surface area contributed by atoms with Crippen molar-refractivity contribution in [2.24, 2.45) is 11.8 Å². The second kappa shape index (κ2) is 11.2. The highest BCUT2D eigenvalue weighted by Crippen LogP contribution is 2.44. The Labute approximate surface area is 256 Å². The molecule has 222 valence electrons. The largest absolute Gasteiger partial charge is 0.494 e. The van der Waals surface area contributed by atoms with Gasteiger partial charge in [-0.3, -0.25) is 4.79 Å². The number of methoxy groups -OCH3 is 1. The van der Waals surface area contributed by atoms with E-state index in [4.69, 9.17) is 9.72 Å². The molecule has 1 aliphatic carbocycles. The Bertz CT molecular complexity index is 1700. The van der Waals surface area contributed by atoms with Crippen molar-refractivity contribution in [2.75, 3.05) is 62.1 Å². The molecule has 2 atom stereocenters. The Kier molecular flexibility index (Phi) is 7.26. The fourth-order valence-corrected chi connectivity index (χ4v) is 7.25. The number of fused-ring (bicyclic) bond motifs is 2. The van der Waals surface area contributed by atoms with Crippen molar-refractivity contribution < 1.29 is 9.53 Å². The molecule has 2 aromatic heterocycles. The number of rotatable bonds is 9. The number of thioether (sulfide) groups is 1. The number of anilines is 4. The lowest BCUT2D eigenvalue weighted by Crippen LogP contribution is -2.27. The van der Waals surface area contributed by atoms with Crippen LogP contribution >= 0.6 is 11.8 Å². The maximum atomic E-state index is 12.5. The van der Waals surface area contributed by atoms with E-state index in [1.807, 2.05) is 18.3 Å². The highest BCUT2D eigenvalue weighted by Gasteiger charge is 2.39. The molecular formula is C33H37N7O2S. The molecule has 4 aromatic rings. The standard InChI is InChI=1S/C33H37N7O2S/c1-5-31(41)35-25-12-26(29(42-3)13-28(25)39-17-20-15-38(2)16-21(20)18-39)36-33-34-14-30(43-4)32(37-33)24-19-40(22-10-11-22)27-9-7-6-8-23(24)27/h5-9,12-14,19-22H,1,10-11,15-18H2,2-4H3,(H,35,41)(H,34,36,37). The van der Waals surface area contributed by atoms with E-state index < -0.39 is 0 Å². The number of likely N-dealkylation sites (tertiary alicyclic amines) is 1. The number of nitrogens with one attached hydrogen (secondary N) is 2. The number of aromatic nitrogens is 3. The predicted molar refractivity (Wildman–Crippen MR) is 175 cm³/mol. The molecule has 2 unspecified atom stereocenters. The molecule has 3 fully saturated rings. The Balaban J connectivity index is 1.26. The lowest BCUT2D eigenvalue weighted by Gasteiger charge is -2.26. The van der Waals surface area contributed by atoms with Crippen molar-refractivity contribution in [3.05, 3.63) is 61.4 Å². The molecular weight excluding hydrogens is 558 g/mol. The fourth-order valence-electron chi connectivity index (χ4n) is 6.75. The minimum absolute atomic E-state index is 0.258. The van der Waals surface area contributed by atoms with Crippen molar-refractivity contribution in [1.29, 1.82) is 0 Å². The summed E-state index contributed by atoms with van der Waals surface area (Å²) in [6.07, 6.45) is 9.88. The van der Waals surface area contributed by atoms with Gasteiger partial charge >= 0.3 is 0 Å². The zero-order chi connectivity index (χ0) is 29.7. The van der Waals surface area contributed by atoms with E-state index in [2.05, 4.69) is 80.3 Å². The Morgan fingerprint density at radius 2 is 1.88 bits per heavy atom. The number of carbonyl (C=O) groups is 1. The number of ether oxygens (including phenoxy) is 1. The van der Waals surface area contributed by atoms with E-state index in [1.165, 1.54) is 29.8 Å². The van der Waals surface area contributed by atoms with Crippen LogP contribution in [-0.4, -0.2) is 71.9 Å². The van der Waals surface area contributed by atoms with Gasteiger partial charge in [-0.2, -0.15) is 0 Å². The summed E-state index contributed by atoms with van der Waals surface area (Å²) < 4.78 is 8.27. The topological polar surface area (TPSA) is 87.5 Å². The molecule has 9 nitrogen and oxygen atoms in total. The number of para-hydroxylation sites is 1. The number of amides is 1. The maximum absolute atomic E-state index is 12.5. The number of hydrogen-bond donors (Lipinski definition) is 2. The molecule has 2 aromatic carbocycles. The zero-order valence-electron chi connectivity index (χ0n) is 24.8. The van der Waals surface area contributed by atoms with E-state index in [0.29, 0.717) is 41.0 Å². The van der Waals surface area contributed by atoms with Gasteiger partial charge in [-0.05, 0) is 56.2 Å². The number of nitrogens with zero attached hydrogens (tertiary/aromatic N) is 5. The molecule has 0 radical (unpaired) electrons. The summed E-state index contributed by atoms with van der Waals surface area (Å²) >= 11 is 1.64.